The molecule has 1 N–H and O–H groups in total. The second kappa shape index (κ2) is 3.77. The Morgan fingerprint density at radius 1 is 1.38 bits per heavy atom. The Bertz CT molecular complexity index is 413. The van der Waals surface area contributed by atoms with Gasteiger partial charge in [0.15, 0.2) is 0 Å². The number of piperidine rings is 1. The first-order valence-electron chi connectivity index (χ1n) is 6.21. The van der Waals surface area contributed by atoms with Gasteiger partial charge in [-0.25, -0.2) is 0 Å². The van der Waals surface area contributed by atoms with Crippen molar-refractivity contribution in [2.24, 2.45) is 0 Å². The van der Waals surface area contributed by atoms with E-state index in [4.69, 9.17) is 4.74 Å². The van der Waals surface area contributed by atoms with E-state index in [1.807, 2.05) is 0 Å². The summed E-state index contributed by atoms with van der Waals surface area (Å²) in [4.78, 5) is 0. The zero-order chi connectivity index (χ0) is 11.1. The SMILES string of the molecule is COc1ccc2c(c1C)[C@@H]1CCCN[C@@H]1C2. The van der Waals surface area contributed by atoms with Crippen molar-refractivity contribution in [3.8, 4) is 5.75 Å². The first-order valence-corrected chi connectivity index (χ1v) is 6.21. The van der Waals surface area contributed by atoms with Crippen LogP contribution in [0.3, 0.4) is 0 Å². The lowest BCUT2D eigenvalue weighted by Gasteiger charge is -2.28. The van der Waals surface area contributed by atoms with Crippen LogP contribution in [-0.4, -0.2) is 19.7 Å². The predicted octanol–water partition coefficient (Wildman–Crippen LogP) is 2.40. The highest BCUT2D eigenvalue weighted by molar-refractivity contribution is 5.50. The molecule has 1 fully saturated rings. The van der Waals surface area contributed by atoms with Gasteiger partial charge < -0.3 is 10.1 Å². The maximum atomic E-state index is 5.43. The molecule has 16 heavy (non-hydrogen) atoms. The molecule has 2 heteroatoms. The fraction of sp³-hybridized carbons (Fsp3) is 0.571. The third-order valence-corrected chi connectivity index (χ3v) is 4.17. The van der Waals surface area contributed by atoms with Gasteiger partial charge in [0.2, 0.25) is 0 Å². The molecule has 0 radical (unpaired) electrons. The van der Waals surface area contributed by atoms with Crippen LogP contribution in [0.15, 0.2) is 12.1 Å². The van der Waals surface area contributed by atoms with Crippen LogP contribution in [0.25, 0.3) is 0 Å². The van der Waals surface area contributed by atoms with E-state index in [9.17, 15) is 0 Å². The quantitative estimate of drug-likeness (QED) is 0.780. The van der Waals surface area contributed by atoms with E-state index in [0.717, 1.165) is 11.7 Å². The van der Waals surface area contributed by atoms with E-state index in [1.165, 1.54) is 36.9 Å². The number of ether oxygens (including phenoxy) is 1. The molecule has 0 amide bonds. The summed E-state index contributed by atoms with van der Waals surface area (Å²) in [6, 6.07) is 5.04. The van der Waals surface area contributed by atoms with Gasteiger partial charge in [0, 0.05) is 12.0 Å². The minimum Gasteiger partial charge on any atom is -0.496 e. The summed E-state index contributed by atoms with van der Waals surface area (Å²) < 4.78 is 5.43. The smallest absolute Gasteiger partial charge is 0.122 e. The molecule has 2 nitrogen and oxygen atoms in total. The van der Waals surface area contributed by atoms with Gasteiger partial charge in [-0.2, -0.15) is 0 Å². The number of hydrogen-bond donors (Lipinski definition) is 1. The zero-order valence-corrected chi connectivity index (χ0v) is 10.0. The lowest BCUT2D eigenvalue weighted by molar-refractivity contribution is 0.370. The minimum atomic E-state index is 0.676. The van der Waals surface area contributed by atoms with Crippen LogP contribution in [0, 0.1) is 6.92 Å². The molecule has 2 atom stereocenters. The third kappa shape index (κ3) is 1.36. The molecular formula is C14H19NO. The van der Waals surface area contributed by atoms with Crippen molar-refractivity contribution in [1.29, 1.82) is 0 Å². The van der Waals surface area contributed by atoms with Crippen LogP contribution in [0.4, 0.5) is 0 Å². The maximum absolute atomic E-state index is 5.43. The Labute approximate surface area is 97.0 Å². The van der Waals surface area contributed by atoms with Gasteiger partial charge >= 0.3 is 0 Å². The summed E-state index contributed by atoms with van der Waals surface area (Å²) in [5.41, 5.74) is 4.45. The van der Waals surface area contributed by atoms with Crippen molar-refractivity contribution in [2.45, 2.75) is 38.1 Å². The highest BCUT2D eigenvalue weighted by atomic mass is 16.5. The Hall–Kier alpha value is -1.02. The lowest BCUT2D eigenvalue weighted by atomic mass is 9.88. The highest BCUT2D eigenvalue weighted by Gasteiger charge is 2.35. The van der Waals surface area contributed by atoms with Crippen LogP contribution in [0.1, 0.15) is 35.4 Å². The summed E-state index contributed by atoms with van der Waals surface area (Å²) in [5.74, 6) is 1.77. The minimum absolute atomic E-state index is 0.676. The summed E-state index contributed by atoms with van der Waals surface area (Å²) in [5, 5.41) is 3.65. The molecule has 1 aliphatic carbocycles. The Kier molecular flexibility index (Phi) is 2.40. The molecule has 2 aliphatic rings. The Morgan fingerprint density at radius 2 is 2.25 bits per heavy atom. The van der Waals surface area contributed by atoms with E-state index >= 15 is 0 Å². The maximum Gasteiger partial charge on any atom is 0.122 e. The highest BCUT2D eigenvalue weighted by Crippen LogP contribution is 2.42. The molecule has 0 aromatic heterocycles. The predicted molar refractivity (Wildman–Crippen MR) is 65.2 cm³/mol. The Morgan fingerprint density at radius 3 is 3.06 bits per heavy atom. The topological polar surface area (TPSA) is 21.3 Å². The third-order valence-electron chi connectivity index (χ3n) is 4.17. The van der Waals surface area contributed by atoms with Crippen molar-refractivity contribution in [1.82, 2.24) is 5.32 Å². The Balaban J connectivity index is 2.06. The number of methoxy groups -OCH3 is 1. The number of hydrogen-bond acceptors (Lipinski definition) is 2. The number of fused-ring (bicyclic) bond motifs is 3. The lowest BCUT2D eigenvalue weighted by Crippen LogP contribution is -2.37. The van der Waals surface area contributed by atoms with Crippen molar-refractivity contribution < 1.29 is 4.74 Å². The number of rotatable bonds is 1. The number of nitrogens with one attached hydrogen (secondary N) is 1. The van der Waals surface area contributed by atoms with E-state index in [0.29, 0.717) is 6.04 Å². The van der Waals surface area contributed by atoms with Crippen molar-refractivity contribution in [3.05, 3.63) is 28.8 Å². The molecule has 1 aromatic carbocycles. The fourth-order valence-electron chi connectivity index (χ4n) is 3.43. The van der Waals surface area contributed by atoms with Gasteiger partial charge in [0.25, 0.3) is 0 Å². The van der Waals surface area contributed by atoms with Crippen LogP contribution in [-0.2, 0) is 6.42 Å². The first-order chi connectivity index (χ1) is 7.81. The molecule has 3 rings (SSSR count). The molecule has 0 bridgehead atoms. The second-order valence-electron chi connectivity index (χ2n) is 4.98. The van der Waals surface area contributed by atoms with Crippen LogP contribution in [0.5, 0.6) is 5.75 Å². The molecule has 0 saturated carbocycles. The molecule has 0 spiro atoms. The standard InChI is InChI=1S/C14H19NO/c1-9-13(16-2)6-5-10-8-12-11(14(9)10)4-3-7-15-12/h5-6,11-12,15H,3-4,7-8H2,1-2H3/t11-,12-/m1/s1. The first kappa shape index (κ1) is 10.2. The van der Waals surface area contributed by atoms with E-state index in [1.54, 1.807) is 12.7 Å². The molecule has 1 aliphatic heterocycles. The molecule has 0 unspecified atom stereocenters. The largest absolute Gasteiger partial charge is 0.496 e. The summed E-state index contributed by atoms with van der Waals surface area (Å²) in [6.07, 6.45) is 3.83. The van der Waals surface area contributed by atoms with Crippen molar-refractivity contribution in [3.63, 3.8) is 0 Å². The fourth-order valence-corrected chi connectivity index (χ4v) is 3.43. The second-order valence-corrected chi connectivity index (χ2v) is 4.98. The molecule has 86 valence electrons. The van der Waals surface area contributed by atoms with Gasteiger partial charge in [-0.05, 0) is 55.5 Å². The summed E-state index contributed by atoms with van der Waals surface area (Å²) in [6.45, 7) is 3.39. The van der Waals surface area contributed by atoms with Gasteiger partial charge in [-0.3, -0.25) is 0 Å². The average Bonchev–Trinajstić information content (AvgIpc) is 2.68. The molecule has 1 saturated heterocycles. The van der Waals surface area contributed by atoms with Gasteiger partial charge in [-0.1, -0.05) is 6.07 Å². The van der Waals surface area contributed by atoms with E-state index in [-0.39, 0.29) is 0 Å². The summed E-state index contributed by atoms with van der Waals surface area (Å²) in [7, 11) is 1.76. The normalized spacial score (nSPS) is 27.4. The average molecular weight is 217 g/mol. The van der Waals surface area contributed by atoms with Crippen LogP contribution < -0.4 is 10.1 Å². The van der Waals surface area contributed by atoms with Gasteiger partial charge in [0.1, 0.15) is 5.75 Å². The molecular weight excluding hydrogens is 198 g/mol. The van der Waals surface area contributed by atoms with Crippen molar-refractivity contribution >= 4 is 0 Å². The van der Waals surface area contributed by atoms with Crippen LogP contribution >= 0.6 is 0 Å². The molecule has 1 aromatic rings. The monoisotopic (exact) mass is 217 g/mol. The van der Waals surface area contributed by atoms with Gasteiger partial charge in [0.05, 0.1) is 7.11 Å². The molecule has 1 heterocycles. The van der Waals surface area contributed by atoms with Crippen LogP contribution in [0.2, 0.25) is 0 Å². The van der Waals surface area contributed by atoms with Crippen molar-refractivity contribution in [2.75, 3.05) is 13.7 Å². The number of benzene rings is 1. The van der Waals surface area contributed by atoms with Gasteiger partial charge in [-0.15, -0.1) is 0 Å². The summed E-state index contributed by atoms with van der Waals surface area (Å²) >= 11 is 0. The zero-order valence-electron chi connectivity index (χ0n) is 10.0. The van der Waals surface area contributed by atoms with E-state index in [2.05, 4.69) is 24.4 Å². The van der Waals surface area contributed by atoms with E-state index < -0.39 is 0 Å².